The molecule has 0 fully saturated rings. The molecule has 0 aromatic carbocycles. The van der Waals surface area contributed by atoms with E-state index >= 15 is 0 Å². The van der Waals surface area contributed by atoms with E-state index in [1.165, 1.54) is 11.3 Å². The Kier molecular flexibility index (Phi) is 3.64. The van der Waals surface area contributed by atoms with E-state index in [1.807, 2.05) is 26.8 Å². The molecule has 0 amide bonds. The molecule has 0 saturated heterocycles. The summed E-state index contributed by atoms with van der Waals surface area (Å²) in [4.78, 5) is 5.09. The molecule has 0 saturated carbocycles. The Hall–Kier alpha value is -1.41. The average Bonchev–Trinajstić information content (AvgIpc) is 2.96. The molecule has 0 aliphatic heterocycles. The molecular weight excluding hydrogens is 291 g/mol. The van der Waals surface area contributed by atoms with Crippen molar-refractivity contribution in [3.63, 3.8) is 0 Å². The van der Waals surface area contributed by atoms with Crippen molar-refractivity contribution in [2.45, 2.75) is 38.4 Å². The van der Waals surface area contributed by atoms with Crippen molar-refractivity contribution in [1.82, 2.24) is 10.1 Å². The number of hydrogen-bond acceptors (Lipinski definition) is 5. The van der Waals surface area contributed by atoms with Gasteiger partial charge in [0.2, 0.25) is 0 Å². The monoisotopic (exact) mass is 305 g/mol. The summed E-state index contributed by atoms with van der Waals surface area (Å²) in [7, 11) is 0. The first kappa shape index (κ1) is 15.0. The van der Waals surface area contributed by atoms with Crippen LogP contribution < -0.4 is 5.73 Å². The molecule has 0 aliphatic rings. The molecule has 1 unspecified atom stereocenters. The lowest BCUT2D eigenvalue weighted by Crippen LogP contribution is -2.13. The molecule has 8 heteroatoms. The zero-order valence-electron chi connectivity index (χ0n) is 11.2. The van der Waals surface area contributed by atoms with E-state index in [9.17, 15) is 13.2 Å². The summed E-state index contributed by atoms with van der Waals surface area (Å²) in [5.41, 5.74) is 5.84. The first-order chi connectivity index (χ1) is 9.09. The highest BCUT2D eigenvalue weighted by Gasteiger charge is 2.39. The van der Waals surface area contributed by atoms with Crippen molar-refractivity contribution in [3.05, 3.63) is 33.6 Å². The van der Waals surface area contributed by atoms with Crippen LogP contribution in [0.5, 0.6) is 0 Å². The number of halogens is 3. The molecule has 1 atom stereocenters. The van der Waals surface area contributed by atoms with Crippen LogP contribution in [0.2, 0.25) is 0 Å². The van der Waals surface area contributed by atoms with Crippen molar-refractivity contribution in [2.24, 2.45) is 5.73 Å². The van der Waals surface area contributed by atoms with E-state index < -0.39 is 18.1 Å². The quantitative estimate of drug-likeness (QED) is 0.922. The van der Waals surface area contributed by atoms with E-state index in [4.69, 9.17) is 5.73 Å². The fourth-order valence-corrected chi connectivity index (χ4v) is 2.59. The topological polar surface area (TPSA) is 64.9 Å². The van der Waals surface area contributed by atoms with Gasteiger partial charge in [-0.1, -0.05) is 25.9 Å². The third-order valence-corrected chi connectivity index (χ3v) is 4.23. The molecular formula is C12H14F3N3OS. The summed E-state index contributed by atoms with van der Waals surface area (Å²) >= 11 is 1.43. The molecule has 4 nitrogen and oxygen atoms in total. The summed E-state index contributed by atoms with van der Waals surface area (Å²) < 4.78 is 41.4. The van der Waals surface area contributed by atoms with Gasteiger partial charge in [-0.2, -0.15) is 18.2 Å². The van der Waals surface area contributed by atoms with Crippen LogP contribution >= 0.6 is 11.3 Å². The Morgan fingerprint density at radius 1 is 1.25 bits per heavy atom. The van der Waals surface area contributed by atoms with Crippen LogP contribution in [-0.4, -0.2) is 10.1 Å². The van der Waals surface area contributed by atoms with Crippen LogP contribution in [0.4, 0.5) is 13.2 Å². The third kappa shape index (κ3) is 3.01. The second kappa shape index (κ2) is 4.85. The summed E-state index contributed by atoms with van der Waals surface area (Å²) in [5, 5.41) is 3.31. The highest BCUT2D eigenvalue weighted by molar-refractivity contribution is 7.12. The van der Waals surface area contributed by atoms with Gasteiger partial charge in [-0.25, -0.2) is 0 Å². The number of alkyl halides is 3. The first-order valence-electron chi connectivity index (χ1n) is 5.85. The Morgan fingerprint density at radius 2 is 1.90 bits per heavy atom. The van der Waals surface area contributed by atoms with Crippen LogP contribution in [0.1, 0.15) is 48.3 Å². The molecule has 2 heterocycles. The van der Waals surface area contributed by atoms with Crippen LogP contribution in [-0.2, 0) is 11.6 Å². The highest BCUT2D eigenvalue weighted by atomic mass is 32.1. The Balaban J connectivity index is 2.25. The van der Waals surface area contributed by atoms with Crippen molar-refractivity contribution in [1.29, 1.82) is 0 Å². The van der Waals surface area contributed by atoms with Crippen molar-refractivity contribution in [2.75, 3.05) is 0 Å². The normalized spacial score (nSPS) is 14.6. The lowest BCUT2D eigenvalue weighted by Gasteiger charge is -2.15. The minimum absolute atomic E-state index is 0.0446. The SMILES string of the molecule is CC(C)(C)c1ccc(C(N)c2noc(C(F)(F)F)n2)s1. The average molecular weight is 305 g/mol. The van der Waals surface area contributed by atoms with E-state index in [2.05, 4.69) is 14.7 Å². The number of nitrogens with two attached hydrogens (primary N) is 1. The second-order valence-corrected chi connectivity index (χ2v) is 6.50. The summed E-state index contributed by atoms with van der Waals surface area (Å²) in [6.45, 7) is 6.14. The maximum Gasteiger partial charge on any atom is 0.471 e. The van der Waals surface area contributed by atoms with Crippen molar-refractivity contribution in [3.8, 4) is 0 Å². The zero-order valence-corrected chi connectivity index (χ0v) is 12.0. The summed E-state index contributed by atoms with van der Waals surface area (Å²) in [6, 6.07) is 2.86. The van der Waals surface area contributed by atoms with Gasteiger partial charge < -0.3 is 10.3 Å². The van der Waals surface area contributed by atoms with Crippen molar-refractivity contribution >= 4 is 11.3 Å². The van der Waals surface area contributed by atoms with Gasteiger partial charge in [0.25, 0.3) is 0 Å². The first-order valence-corrected chi connectivity index (χ1v) is 6.67. The minimum atomic E-state index is -4.66. The highest BCUT2D eigenvalue weighted by Crippen LogP contribution is 2.34. The minimum Gasteiger partial charge on any atom is -0.329 e. The molecule has 110 valence electrons. The van der Waals surface area contributed by atoms with Crippen molar-refractivity contribution < 1.29 is 17.7 Å². The largest absolute Gasteiger partial charge is 0.471 e. The van der Waals surface area contributed by atoms with Gasteiger partial charge in [0.15, 0.2) is 5.82 Å². The van der Waals surface area contributed by atoms with E-state index in [1.54, 1.807) is 6.07 Å². The zero-order chi connectivity index (χ0) is 15.1. The molecule has 2 rings (SSSR count). The fourth-order valence-electron chi connectivity index (χ4n) is 1.53. The van der Waals surface area contributed by atoms with Crippen LogP contribution in [0.15, 0.2) is 16.7 Å². The Morgan fingerprint density at radius 3 is 2.35 bits per heavy atom. The summed E-state index contributed by atoms with van der Waals surface area (Å²) in [5.74, 6) is -1.55. The number of rotatable bonds is 2. The predicted molar refractivity (Wildman–Crippen MR) is 68.3 cm³/mol. The molecule has 2 aromatic heterocycles. The van der Waals surface area contributed by atoms with E-state index in [0.29, 0.717) is 4.88 Å². The number of aromatic nitrogens is 2. The Bertz CT molecular complexity index is 545. The molecule has 0 bridgehead atoms. The van der Waals surface area contributed by atoms with Gasteiger partial charge in [-0.05, 0) is 17.5 Å². The number of hydrogen-bond donors (Lipinski definition) is 1. The van der Waals surface area contributed by atoms with Gasteiger partial charge in [-0.3, -0.25) is 0 Å². The third-order valence-electron chi connectivity index (χ3n) is 2.63. The molecule has 0 aliphatic carbocycles. The smallest absolute Gasteiger partial charge is 0.329 e. The van der Waals surface area contributed by atoms with Crippen LogP contribution in [0.25, 0.3) is 0 Å². The maximum absolute atomic E-state index is 12.4. The molecule has 2 N–H and O–H groups in total. The lowest BCUT2D eigenvalue weighted by atomic mass is 9.95. The van der Waals surface area contributed by atoms with Gasteiger partial charge in [-0.15, -0.1) is 11.3 Å². The second-order valence-electron chi connectivity index (χ2n) is 5.39. The Labute approximate surface area is 117 Å². The number of thiophene rings is 1. The molecule has 0 radical (unpaired) electrons. The van der Waals surface area contributed by atoms with E-state index in [0.717, 1.165) is 4.88 Å². The molecule has 0 spiro atoms. The standard InChI is InChI=1S/C12H14F3N3OS/c1-11(2,3)7-5-4-6(20-7)8(16)9-17-10(19-18-9)12(13,14)15/h4-5,8H,16H2,1-3H3. The van der Waals surface area contributed by atoms with Gasteiger partial charge in [0.1, 0.15) is 6.04 Å². The fraction of sp³-hybridized carbons (Fsp3) is 0.500. The summed E-state index contributed by atoms with van der Waals surface area (Å²) in [6.07, 6.45) is -4.66. The predicted octanol–water partition coefficient (Wildman–Crippen LogP) is 3.50. The van der Waals surface area contributed by atoms with Crippen LogP contribution in [0, 0.1) is 0 Å². The maximum atomic E-state index is 12.4. The molecule has 20 heavy (non-hydrogen) atoms. The number of nitrogens with zero attached hydrogens (tertiary/aromatic N) is 2. The van der Waals surface area contributed by atoms with Crippen LogP contribution in [0.3, 0.4) is 0 Å². The van der Waals surface area contributed by atoms with Gasteiger partial charge in [0, 0.05) is 9.75 Å². The molecule has 2 aromatic rings. The van der Waals surface area contributed by atoms with Gasteiger partial charge >= 0.3 is 12.1 Å². The van der Waals surface area contributed by atoms with E-state index in [-0.39, 0.29) is 11.2 Å². The lowest BCUT2D eigenvalue weighted by molar-refractivity contribution is -0.159. The van der Waals surface area contributed by atoms with Gasteiger partial charge in [0.05, 0.1) is 0 Å².